The first-order valence-corrected chi connectivity index (χ1v) is 8.07. The molecule has 0 aliphatic carbocycles. The lowest BCUT2D eigenvalue weighted by Crippen LogP contribution is -2.48. The van der Waals surface area contributed by atoms with Gasteiger partial charge in [0.15, 0.2) is 0 Å². The van der Waals surface area contributed by atoms with Crippen molar-refractivity contribution in [3.8, 4) is 5.75 Å². The smallest absolute Gasteiger partial charge is 0.401 e. The molecule has 1 aromatic carbocycles. The molecule has 0 N–H and O–H groups in total. The second kappa shape index (κ2) is 7.73. The van der Waals surface area contributed by atoms with Crippen LogP contribution in [0.1, 0.15) is 19.4 Å². The van der Waals surface area contributed by atoms with Crippen LogP contribution in [0, 0.1) is 0 Å². The van der Waals surface area contributed by atoms with Gasteiger partial charge in [0.05, 0.1) is 17.7 Å². The molecule has 1 heterocycles. The van der Waals surface area contributed by atoms with Crippen molar-refractivity contribution in [2.75, 3.05) is 32.7 Å². The molecule has 3 nitrogen and oxygen atoms in total. The molecule has 1 saturated heterocycles. The number of hydrogen-bond acceptors (Lipinski definition) is 3. The molecule has 0 spiro atoms. The number of nitrogens with zero attached hydrogens (tertiary/aromatic N) is 2. The average molecular weight is 351 g/mol. The number of alkyl halides is 3. The molecule has 0 amide bonds. The van der Waals surface area contributed by atoms with E-state index in [1.165, 1.54) is 4.90 Å². The number of benzene rings is 1. The van der Waals surface area contributed by atoms with E-state index in [9.17, 15) is 13.2 Å². The molecule has 1 aliphatic rings. The van der Waals surface area contributed by atoms with Crippen molar-refractivity contribution >= 4 is 11.6 Å². The predicted molar refractivity (Wildman–Crippen MR) is 85.0 cm³/mol. The Morgan fingerprint density at radius 3 is 2.26 bits per heavy atom. The van der Waals surface area contributed by atoms with Crippen LogP contribution in [0.2, 0.25) is 5.02 Å². The van der Waals surface area contributed by atoms with Crippen molar-refractivity contribution in [3.63, 3.8) is 0 Å². The fraction of sp³-hybridized carbons (Fsp3) is 0.625. The van der Waals surface area contributed by atoms with Gasteiger partial charge >= 0.3 is 6.18 Å². The van der Waals surface area contributed by atoms with Gasteiger partial charge in [0, 0.05) is 32.7 Å². The summed E-state index contributed by atoms with van der Waals surface area (Å²) in [6.45, 7) is 5.84. The van der Waals surface area contributed by atoms with Crippen LogP contribution in [-0.2, 0) is 6.54 Å². The Morgan fingerprint density at radius 1 is 1.13 bits per heavy atom. The van der Waals surface area contributed by atoms with Crippen molar-refractivity contribution in [2.24, 2.45) is 0 Å². The lowest BCUT2D eigenvalue weighted by molar-refractivity contribution is -0.149. The maximum Gasteiger partial charge on any atom is 0.401 e. The maximum atomic E-state index is 12.4. The van der Waals surface area contributed by atoms with Crippen molar-refractivity contribution in [1.82, 2.24) is 9.80 Å². The minimum atomic E-state index is -4.12. The maximum absolute atomic E-state index is 12.4. The van der Waals surface area contributed by atoms with Crippen LogP contribution in [0.3, 0.4) is 0 Å². The molecule has 1 aromatic rings. The lowest BCUT2D eigenvalue weighted by atomic mass is 10.2. The molecular weight excluding hydrogens is 329 g/mol. The van der Waals surface area contributed by atoms with Gasteiger partial charge in [-0.1, -0.05) is 17.7 Å². The summed E-state index contributed by atoms with van der Waals surface area (Å²) in [5.41, 5.74) is 1.04. The van der Waals surface area contributed by atoms with E-state index in [2.05, 4.69) is 4.90 Å². The SMILES string of the molecule is CC(C)Oc1ccc(CN2CCN(CC(F)(F)F)CC2)cc1Cl. The zero-order chi connectivity index (χ0) is 17.0. The Balaban J connectivity index is 1.85. The van der Waals surface area contributed by atoms with E-state index in [1.807, 2.05) is 32.0 Å². The first-order chi connectivity index (χ1) is 10.7. The fourth-order valence-electron chi connectivity index (χ4n) is 2.61. The van der Waals surface area contributed by atoms with E-state index in [0.29, 0.717) is 43.5 Å². The monoisotopic (exact) mass is 350 g/mol. The number of halogens is 4. The van der Waals surface area contributed by atoms with E-state index in [-0.39, 0.29) is 6.10 Å². The Labute approximate surface area is 140 Å². The summed E-state index contributed by atoms with van der Waals surface area (Å²) in [7, 11) is 0. The minimum absolute atomic E-state index is 0.0556. The third-order valence-corrected chi connectivity index (χ3v) is 3.93. The molecular formula is C16H22ClF3N2O. The first kappa shape index (κ1) is 18.4. The van der Waals surface area contributed by atoms with Crippen LogP contribution in [-0.4, -0.2) is 54.8 Å². The van der Waals surface area contributed by atoms with Gasteiger partial charge in [0.1, 0.15) is 5.75 Å². The minimum Gasteiger partial charge on any atom is -0.489 e. The molecule has 130 valence electrons. The number of piperazine rings is 1. The second-order valence-corrected chi connectivity index (χ2v) is 6.51. The summed E-state index contributed by atoms with van der Waals surface area (Å²) in [6.07, 6.45) is -4.07. The van der Waals surface area contributed by atoms with Crippen LogP contribution >= 0.6 is 11.6 Å². The highest BCUT2D eigenvalue weighted by molar-refractivity contribution is 6.32. The first-order valence-electron chi connectivity index (χ1n) is 7.69. The molecule has 0 saturated carbocycles. The van der Waals surface area contributed by atoms with Crippen molar-refractivity contribution in [2.45, 2.75) is 32.7 Å². The van der Waals surface area contributed by atoms with E-state index in [0.717, 1.165) is 5.56 Å². The van der Waals surface area contributed by atoms with Crippen LogP contribution in [0.4, 0.5) is 13.2 Å². The molecule has 23 heavy (non-hydrogen) atoms. The van der Waals surface area contributed by atoms with Gasteiger partial charge in [-0.15, -0.1) is 0 Å². The zero-order valence-electron chi connectivity index (χ0n) is 13.4. The van der Waals surface area contributed by atoms with Gasteiger partial charge in [-0.25, -0.2) is 0 Å². The Kier molecular flexibility index (Phi) is 6.17. The average Bonchev–Trinajstić information content (AvgIpc) is 2.42. The largest absolute Gasteiger partial charge is 0.489 e. The predicted octanol–water partition coefficient (Wildman–Crippen LogP) is 3.81. The van der Waals surface area contributed by atoms with Gasteiger partial charge in [-0.05, 0) is 31.5 Å². The molecule has 1 fully saturated rings. The quantitative estimate of drug-likeness (QED) is 0.803. The zero-order valence-corrected chi connectivity index (χ0v) is 14.1. The molecule has 0 bridgehead atoms. The van der Waals surface area contributed by atoms with E-state index in [4.69, 9.17) is 16.3 Å². The summed E-state index contributed by atoms with van der Waals surface area (Å²) in [4.78, 5) is 3.59. The normalized spacial score (nSPS) is 17.7. The number of ether oxygens (including phenoxy) is 1. The molecule has 1 aliphatic heterocycles. The van der Waals surface area contributed by atoms with Crippen LogP contribution in [0.25, 0.3) is 0 Å². The fourth-order valence-corrected chi connectivity index (χ4v) is 2.86. The summed E-state index contributed by atoms with van der Waals surface area (Å²) in [5.74, 6) is 0.653. The molecule has 0 atom stereocenters. The highest BCUT2D eigenvalue weighted by Crippen LogP contribution is 2.27. The summed E-state index contributed by atoms with van der Waals surface area (Å²) in [5, 5.41) is 0.562. The van der Waals surface area contributed by atoms with Crippen molar-refractivity contribution in [1.29, 1.82) is 0 Å². The molecule has 2 rings (SSSR count). The van der Waals surface area contributed by atoms with E-state index < -0.39 is 12.7 Å². The Hall–Kier alpha value is -0.980. The number of hydrogen-bond donors (Lipinski definition) is 0. The van der Waals surface area contributed by atoms with E-state index >= 15 is 0 Å². The van der Waals surface area contributed by atoms with Crippen LogP contribution in [0.5, 0.6) is 5.75 Å². The highest BCUT2D eigenvalue weighted by atomic mass is 35.5. The summed E-state index contributed by atoms with van der Waals surface area (Å²) < 4.78 is 42.7. The van der Waals surface area contributed by atoms with Crippen molar-refractivity contribution < 1.29 is 17.9 Å². The second-order valence-electron chi connectivity index (χ2n) is 6.10. The number of rotatable bonds is 5. The van der Waals surface area contributed by atoms with Gasteiger partial charge in [0.25, 0.3) is 0 Å². The Bertz CT molecular complexity index is 515. The van der Waals surface area contributed by atoms with Gasteiger partial charge in [-0.2, -0.15) is 13.2 Å². The van der Waals surface area contributed by atoms with Crippen LogP contribution < -0.4 is 4.74 Å². The molecule has 0 radical (unpaired) electrons. The van der Waals surface area contributed by atoms with Crippen LogP contribution in [0.15, 0.2) is 18.2 Å². The van der Waals surface area contributed by atoms with E-state index in [1.54, 1.807) is 0 Å². The molecule has 0 unspecified atom stereocenters. The van der Waals surface area contributed by atoms with Crippen molar-refractivity contribution in [3.05, 3.63) is 28.8 Å². The molecule has 0 aromatic heterocycles. The van der Waals surface area contributed by atoms with Gasteiger partial charge in [-0.3, -0.25) is 9.80 Å². The summed E-state index contributed by atoms with van der Waals surface area (Å²) >= 11 is 6.21. The third kappa shape index (κ3) is 6.20. The third-order valence-electron chi connectivity index (χ3n) is 3.63. The Morgan fingerprint density at radius 2 is 1.74 bits per heavy atom. The lowest BCUT2D eigenvalue weighted by Gasteiger charge is -2.35. The van der Waals surface area contributed by atoms with Gasteiger partial charge < -0.3 is 4.74 Å². The molecule has 7 heteroatoms. The summed E-state index contributed by atoms with van der Waals surface area (Å²) in [6, 6.07) is 5.66. The topological polar surface area (TPSA) is 15.7 Å². The van der Waals surface area contributed by atoms with Gasteiger partial charge in [0.2, 0.25) is 0 Å². The standard InChI is InChI=1S/C16H22ClF3N2O/c1-12(2)23-15-4-3-13(9-14(15)17)10-21-5-7-22(8-6-21)11-16(18,19)20/h3-4,9,12H,5-8,10-11H2,1-2H3. The highest BCUT2D eigenvalue weighted by Gasteiger charge is 2.32.